The number of amides is 1. The Kier molecular flexibility index (Phi) is 3.23. The van der Waals surface area contributed by atoms with E-state index < -0.39 is 0 Å². The quantitative estimate of drug-likeness (QED) is 0.878. The maximum absolute atomic E-state index is 12.8. The maximum atomic E-state index is 12.8. The fourth-order valence-corrected chi connectivity index (χ4v) is 1.54. The summed E-state index contributed by atoms with van der Waals surface area (Å²) in [4.78, 5) is 27.0. The van der Waals surface area contributed by atoms with Gasteiger partial charge in [-0.1, -0.05) is 6.07 Å². The van der Waals surface area contributed by atoms with Gasteiger partial charge in [-0.25, -0.2) is 4.39 Å². The molecule has 0 fully saturated rings. The first-order valence-electron chi connectivity index (χ1n) is 5.31. The van der Waals surface area contributed by atoms with Gasteiger partial charge in [0, 0.05) is 18.8 Å². The van der Waals surface area contributed by atoms with Crippen LogP contribution in [-0.2, 0) is 0 Å². The number of nitrogens with one attached hydrogen (secondary N) is 1. The summed E-state index contributed by atoms with van der Waals surface area (Å²) in [5, 5.41) is 0. The Morgan fingerprint density at radius 1 is 1.17 bits per heavy atom. The Labute approximate surface area is 103 Å². The molecule has 1 aromatic heterocycles. The fourth-order valence-electron chi connectivity index (χ4n) is 1.54. The molecule has 0 aliphatic carbocycles. The number of H-pyrrole nitrogens is 1. The second-order valence-corrected chi connectivity index (χ2v) is 3.77. The first-order chi connectivity index (χ1) is 8.58. The Balaban J connectivity index is 2.29. The molecule has 1 N–H and O–H groups in total. The van der Waals surface area contributed by atoms with E-state index >= 15 is 0 Å². The van der Waals surface area contributed by atoms with Gasteiger partial charge in [-0.2, -0.15) is 0 Å². The average Bonchev–Trinajstić information content (AvgIpc) is 2.38. The lowest BCUT2D eigenvalue weighted by molar-refractivity contribution is 0.0988. The van der Waals surface area contributed by atoms with Crippen molar-refractivity contribution in [3.05, 3.63) is 64.3 Å². The number of rotatable bonds is 2. The summed E-state index contributed by atoms with van der Waals surface area (Å²) in [6, 6.07) is 9.88. The van der Waals surface area contributed by atoms with E-state index in [1.807, 2.05) is 0 Å². The van der Waals surface area contributed by atoms with Crippen LogP contribution >= 0.6 is 0 Å². The number of benzene rings is 1. The van der Waals surface area contributed by atoms with Gasteiger partial charge in [0.1, 0.15) is 11.5 Å². The van der Waals surface area contributed by atoms with E-state index in [1.165, 1.54) is 47.4 Å². The van der Waals surface area contributed by atoms with E-state index in [0.717, 1.165) is 0 Å². The second kappa shape index (κ2) is 4.83. The van der Waals surface area contributed by atoms with Crippen LogP contribution in [0.1, 0.15) is 10.5 Å². The van der Waals surface area contributed by atoms with Crippen LogP contribution in [0.3, 0.4) is 0 Å². The summed E-state index contributed by atoms with van der Waals surface area (Å²) in [7, 11) is 1.56. The zero-order valence-corrected chi connectivity index (χ0v) is 9.68. The number of hydrogen-bond donors (Lipinski definition) is 1. The first kappa shape index (κ1) is 12.0. The van der Waals surface area contributed by atoms with Crippen LogP contribution in [0.2, 0.25) is 0 Å². The molecule has 1 heterocycles. The molecule has 0 bridgehead atoms. The van der Waals surface area contributed by atoms with Gasteiger partial charge in [0.05, 0.1) is 0 Å². The standard InChI is InChI=1S/C13H11FN2O2/c1-16(10-7-5-9(14)6-8-10)13(18)11-3-2-4-12(17)15-11/h2-8H,1H3,(H,15,17). The molecule has 0 unspecified atom stereocenters. The van der Waals surface area contributed by atoms with Gasteiger partial charge in [-0.15, -0.1) is 0 Å². The van der Waals surface area contributed by atoms with E-state index in [4.69, 9.17) is 0 Å². The number of carbonyl (C=O) groups is 1. The monoisotopic (exact) mass is 246 g/mol. The van der Waals surface area contributed by atoms with Crippen molar-refractivity contribution in [2.75, 3.05) is 11.9 Å². The zero-order valence-electron chi connectivity index (χ0n) is 9.68. The molecule has 18 heavy (non-hydrogen) atoms. The van der Waals surface area contributed by atoms with Gasteiger partial charge in [0.2, 0.25) is 5.56 Å². The number of carbonyl (C=O) groups excluding carboxylic acids is 1. The molecule has 0 radical (unpaired) electrons. The first-order valence-corrected chi connectivity index (χ1v) is 5.31. The van der Waals surface area contributed by atoms with Gasteiger partial charge in [-0.3, -0.25) is 9.59 Å². The number of hydrogen-bond acceptors (Lipinski definition) is 2. The largest absolute Gasteiger partial charge is 0.318 e. The predicted molar refractivity (Wildman–Crippen MR) is 66.2 cm³/mol. The average molecular weight is 246 g/mol. The fraction of sp³-hybridized carbons (Fsp3) is 0.0769. The lowest BCUT2D eigenvalue weighted by Crippen LogP contribution is -2.28. The van der Waals surface area contributed by atoms with Crippen molar-refractivity contribution < 1.29 is 9.18 Å². The van der Waals surface area contributed by atoms with Gasteiger partial charge < -0.3 is 9.88 Å². The highest BCUT2D eigenvalue weighted by molar-refractivity contribution is 6.04. The van der Waals surface area contributed by atoms with Gasteiger partial charge in [0.15, 0.2) is 0 Å². The van der Waals surface area contributed by atoms with Crippen molar-refractivity contribution in [2.24, 2.45) is 0 Å². The van der Waals surface area contributed by atoms with E-state index in [2.05, 4.69) is 4.98 Å². The van der Waals surface area contributed by atoms with Crippen LogP contribution in [0.5, 0.6) is 0 Å². The van der Waals surface area contributed by atoms with Crippen molar-refractivity contribution in [1.82, 2.24) is 4.98 Å². The smallest absolute Gasteiger partial charge is 0.274 e. The topological polar surface area (TPSA) is 53.2 Å². The SMILES string of the molecule is CN(C(=O)c1cccc(=O)[nH]1)c1ccc(F)cc1. The normalized spacial score (nSPS) is 10.1. The Bertz CT molecular complexity index is 619. The molecular weight excluding hydrogens is 235 g/mol. The third kappa shape index (κ3) is 2.45. The summed E-state index contributed by atoms with van der Waals surface area (Å²) < 4.78 is 12.8. The molecule has 0 aliphatic heterocycles. The molecule has 0 aliphatic rings. The minimum Gasteiger partial charge on any atom is -0.318 e. The molecule has 0 saturated heterocycles. The number of anilines is 1. The van der Waals surface area contributed by atoms with Crippen LogP contribution in [0, 0.1) is 5.82 Å². The third-order valence-electron chi connectivity index (χ3n) is 2.52. The third-order valence-corrected chi connectivity index (χ3v) is 2.52. The zero-order chi connectivity index (χ0) is 13.1. The second-order valence-electron chi connectivity index (χ2n) is 3.77. The lowest BCUT2D eigenvalue weighted by Gasteiger charge is -2.16. The minimum atomic E-state index is -0.368. The molecule has 0 saturated carbocycles. The highest BCUT2D eigenvalue weighted by atomic mass is 19.1. The number of pyridine rings is 1. The lowest BCUT2D eigenvalue weighted by atomic mass is 10.2. The molecule has 2 aromatic rings. The Hall–Kier alpha value is -2.43. The maximum Gasteiger partial charge on any atom is 0.274 e. The summed E-state index contributed by atoms with van der Waals surface area (Å²) in [6.45, 7) is 0. The number of nitrogens with zero attached hydrogens (tertiary/aromatic N) is 1. The van der Waals surface area contributed by atoms with Crippen molar-refractivity contribution in [3.8, 4) is 0 Å². The number of aromatic nitrogens is 1. The summed E-state index contributed by atoms with van der Waals surface area (Å²) in [5.41, 5.74) is 0.397. The van der Waals surface area contributed by atoms with Crippen molar-refractivity contribution in [2.45, 2.75) is 0 Å². The molecule has 1 aromatic carbocycles. The number of halogens is 1. The summed E-state index contributed by atoms with van der Waals surface area (Å²) in [5.74, 6) is -0.730. The molecule has 4 nitrogen and oxygen atoms in total. The predicted octanol–water partition coefficient (Wildman–Crippen LogP) is 1.79. The van der Waals surface area contributed by atoms with E-state index in [-0.39, 0.29) is 23.0 Å². The highest BCUT2D eigenvalue weighted by Crippen LogP contribution is 2.14. The Morgan fingerprint density at radius 2 is 1.83 bits per heavy atom. The van der Waals surface area contributed by atoms with E-state index in [1.54, 1.807) is 7.05 Å². The molecule has 0 atom stereocenters. The van der Waals surface area contributed by atoms with Gasteiger partial charge >= 0.3 is 0 Å². The Morgan fingerprint density at radius 3 is 2.44 bits per heavy atom. The summed E-state index contributed by atoms with van der Waals surface area (Å²) >= 11 is 0. The van der Waals surface area contributed by atoms with Crippen molar-refractivity contribution in [1.29, 1.82) is 0 Å². The molecule has 0 spiro atoms. The van der Waals surface area contributed by atoms with Crippen LogP contribution in [0.25, 0.3) is 0 Å². The molecule has 2 rings (SSSR count). The van der Waals surface area contributed by atoms with Crippen LogP contribution < -0.4 is 10.5 Å². The number of aromatic amines is 1. The molecule has 1 amide bonds. The van der Waals surface area contributed by atoms with E-state index in [0.29, 0.717) is 5.69 Å². The van der Waals surface area contributed by atoms with Crippen LogP contribution in [0.15, 0.2) is 47.3 Å². The minimum absolute atomic E-state index is 0.189. The van der Waals surface area contributed by atoms with E-state index in [9.17, 15) is 14.0 Å². The highest BCUT2D eigenvalue weighted by Gasteiger charge is 2.13. The van der Waals surface area contributed by atoms with Gasteiger partial charge in [-0.05, 0) is 30.3 Å². The van der Waals surface area contributed by atoms with Crippen LogP contribution in [-0.4, -0.2) is 17.9 Å². The summed E-state index contributed by atoms with van der Waals surface area (Å²) in [6.07, 6.45) is 0. The molecular formula is C13H11FN2O2. The van der Waals surface area contributed by atoms with Crippen LogP contribution in [0.4, 0.5) is 10.1 Å². The molecule has 5 heteroatoms. The van der Waals surface area contributed by atoms with Crippen molar-refractivity contribution >= 4 is 11.6 Å². The van der Waals surface area contributed by atoms with Crippen molar-refractivity contribution in [3.63, 3.8) is 0 Å². The molecule has 92 valence electrons. The van der Waals surface area contributed by atoms with Gasteiger partial charge in [0.25, 0.3) is 5.91 Å².